The fourth-order valence-electron chi connectivity index (χ4n) is 2.51. The molecule has 0 aromatic heterocycles. The molecule has 21 heavy (non-hydrogen) atoms. The SMILES string of the molecule is CCCCC(CC)C[N+]1(C)CCOCC1.COS(=O)(=O)O. The summed E-state index contributed by atoms with van der Waals surface area (Å²) in [5.41, 5.74) is 0. The van der Waals surface area contributed by atoms with E-state index in [1.54, 1.807) is 0 Å². The van der Waals surface area contributed by atoms with E-state index < -0.39 is 10.4 Å². The van der Waals surface area contributed by atoms with Crippen molar-refractivity contribution >= 4 is 10.4 Å². The maximum Gasteiger partial charge on any atom is 0.397 e. The lowest BCUT2D eigenvalue weighted by Crippen LogP contribution is -2.54. The van der Waals surface area contributed by atoms with Gasteiger partial charge < -0.3 is 9.22 Å². The number of likely N-dealkylation sites (N-methyl/N-ethyl adjacent to an activating group) is 1. The van der Waals surface area contributed by atoms with Gasteiger partial charge in [0.25, 0.3) is 0 Å². The van der Waals surface area contributed by atoms with E-state index in [0.717, 1.165) is 26.2 Å². The summed E-state index contributed by atoms with van der Waals surface area (Å²) in [6.45, 7) is 10.3. The first-order valence-corrected chi connectivity index (χ1v) is 9.07. The fraction of sp³-hybridized carbons (Fsp3) is 1.00. The van der Waals surface area contributed by atoms with Crippen molar-refractivity contribution in [3.8, 4) is 0 Å². The van der Waals surface area contributed by atoms with E-state index >= 15 is 0 Å². The lowest BCUT2D eigenvalue weighted by molar-refractivity contribution is -0.920. The Morgan fingerprint density at radius 1 is 1.29 bits per heavy atom. The fourth-order valence-corrected chi connectivity index (χ4v) is 2.51. The molecule has 128 valence electrons. The molecule has 7 heteroatoms. The average Bonchev–Trinajstić information content (AvgIpc) is 2.44. The quantitative estimate of drug-likeness (QED) is 0.573. The number of morpholine rings is 1. The molecule has 1 rings (SSSR count). The predicted molar refractivity (Wildman–Crippen MR) is 83.5 cm³/mol. The zero-order valence-corrected chi connectivity index (χ0v) is 14.7. The number of hydrogen-bond acceptors (Lipinski definition) is 4. The Balaban J connectivity index is 0.000000567. The van der Waals surface area contributed by atoms with Crippen LogP contribution in [0.2, 0.25) is 0 Å². The van der Waals surface area contributed by atoms with Crippen molar-refractivity contribution < 1.29 is 26.4 Å². The molecule has 0 aliphatic carbocycles. The van der Waals surface area contributed by atoms with Crippen LogP contribution in [0.3, 0.4) is 0 Å². The number of nitrogens with zero attached hydrogens (tertiary/aromatic N) is 1. The van der Waals surface area contributed by atoms with Gasteiger partial charge in [-0.05, 0) is 12.8 Å². The number of unbranched alkanes of at least 4 members (excludes halogenated alkanes) is 1. The molecule has 1 atom stereocenters. The Kier molecular flexibility index (Phi) is 10.4. The Hall–Kier alpha value is -0.210. The standard InChI is InChI=1S/C13H28NO.CH4O4S/c1-4-6-7-13(5-2)12-14(3)8-10-15-11-9-14;1-5-6(2,3)4/h13H,4-12H2,1-3H3;1H3,(H,2,3,4)/q+1;. The van der Waals surface area contributed by atoms with Crippen LogP contribution >= 0.6 is 0 Å². The maximum atomic E-state index is 9.33. The predicted octanol–water partition coefficient (Wildman–Crippen LogP) is 2.12. The molecule has 1 unspecified atom stereocenters. The third kappa shape index (κ3) is 11.1. The molecule has 0 saturated carbocycles. The van der Waals surface area contributed by atoms with Crippen LogP contribution in [0.5, 0.6) is 0 Å². The van der Waals surface area contributed by atoms with Crippen molar-refractivity contribution in [2.24, 2.45) is 5.92 Å². The van der Waals surface area contributed by atoms with Gasteiger partial charge in [0.1, 0.15) is 13.1 Å². The summed E-state index contributed by atoms with van der Waals surface area (Å²) in [5.74, 6) is 0.924. The number of ether oxygens (including phenoxy) is 1. The van der Waals surface area contributed by atoms with Gasteiger partial charge in [-0.1, -0.05) is 26.7 Å². The minimum atomic E-state index is -4.16. The van der Waals surface area contributed by atoms with Crippen molar-refractivity contribution in [2.45, 2.75) is 39.5 Å². The highest BCUT2D eigenvalue weighted by atomic mass is 32.3. The Morgan fingerprint density at radius 2 is 1.81 bits per heavy atom. The lowest BCUT2D eigenvalue weighted by atomic mass is 9.97. The highest BCUT2D eigenvalue weighted by Crippen LogP contribution is 2.19. The summed E-state index contributed by atoms with van der Waals surface area (Å²) in [7, 11) is -0.892. The van der Waals surface area contributed by atoms with E-state index in [0.29, 0.717) is 0 Å². The Bertz CT molecular complexity index is 352. The zero-order valence-electron chi connectivity index (χ0n) is 13.9. The van der Waals surface area contributed by atoms with E-state index in [9.17, 15) is 8.42 Å². The van der Waals surface area contributed by atoms with Crippen LogP contribution in [-0.4, -0.2) is 64.5 Å². The second-order valence-electron chi connectivity index (χ2n) is 5.87. The first-order valence-electron chi connectivity index (χ1n) is 7.70. The number of rotatable bonds is 7. The molecule has 0 bridgehead atoms. The van der Waals surface area contributed by atoms with Crippen LogP contribution in [0, 0.1) is 5.92 Å². The third-order valence-corrected chi connectivity index (χ3v) is 4.43. The van der Waals surface area contributed by atoms with E-state index in [4.69, 9.17) is 9.29 Å². The van der Waals surface area contributed by atoms with Crippen LogP contribution < -0.4 is 0 Å². The molecule has 0 radical (unpaired) electrons. The van der Waals surface area contributed by atoms with Gasteiger partial charge in [0.15, 0.2) is 0 Å². The second-order valence-corrected chi connectivity index (χ2v) is 7.06. The molecule has 6 nitrogen and oxygen atoms in total. The van der Waals surface area contributed by atoms with E-state index in [1.165, 1.54) is 49.8 Å². The normalized spacial score (nSPS) is 19.5. The van der Waals surface area contributed by atoms with E-state index in [-0.39, 0.29) is 0 Å². The average molecular weight is 326 g/mol. The van der Waals surface area contributed by atoms with Crippen LogP contribution in [0.4, 0.5) is 0 Å². The molecule has 1 heterocycles. The van der Waals surface area contributed by atoms with Crippen molar-refractivity contribution in [2.75, 3.05) is 47.0 Å². The van der Waals surface area contributed by atoms with E-state index in [2.05, 4.69) is 25.1 Å². The van der Waals surface area contributed by atoms with Gasteiger partial charge in [-0.25, -0.2) is 0 Å². The largest absolute Gasteiger partial charge is 0.397 e. The molecule has 1 saturated heterocycles. The molecule has 1 aliphatic rings. The van der Waals surface area contributed by atoms with Gasteiger partial charge in [0.05, 0.1) is 33.9 Å². The lowest BCUT2D eigenvalue weighted by Gasteiger charge is -2.40. The van der Waals surface area contributed by atoms with Gasteiger partial charge >= 0.3 is 10.4 Å². The minimum absolute atomic E-state index is 0.870. The second kappa shape index (κ2) is 10.5. The van der Waals surface area contributed by atoms with Gasteiger partial charge in [-0.15, -0.1) is 0 Å². The Labute approximate surface area is 130 Å². The summed E-state index contributed by atoms with van der Waals surface area (Å²) < 4.78 is 36.4. The van der Waals surface area contributed by atoms with Crippen molar-refractivity contribution in [3.63, 3.8) is 0 Å². The molecule has 0 spiro atoms. The summed E-state index contributed by atoms with van der Waals surface area (Å²) >= 11 is 0. The molecule has 0 aromatic rings. The third-order valence-electron chi connectivity index (χ3n) is 4.00. The molecule has 1 aliphatic heterocycles. The summed E-state index contributed by atoms with van der Waals surface area (Å²) in [4.78, 5) is 0. The molecular weight excluding hydrogens is 294 g/mol. The molecule has 0 amide bonds. The summed E-state index contributed by atoms with van der Waals surface area (Å²) in [5, 5.41) is 0. The van der Waals surface area contributed by atoms with Crippen LogP contribution in [-0.2, 0) is 19.3 Å². The van der Waals surface area contributed by atoms with Gasteiger partial charge in [0, 0.05) is 5.92 Å². The van der Waals surface area contributed by atoms with Crippen molar-refractivity contribution in [1.29, 1.82) is 0 Å². The number of hydrogen-bond donors (Lipinski definition) is 1. The van der Waals surface area contributed by atoms with Gasteiger partial charge in [-0.2, -0.15) is 8.42 Å². The molecule has 1 N–H and O–H groups in total. The maximum absolute atomic E-state index is 9.33. The van der Waals surface area contributed by atoms with Crippen LogP contribution in [0.25, 0.3) is 0 Å². The van der Waals surface area contributed by atoms with Gasteiger partial charge in [0.2, 0.25) is 0 Å². The number of quaternary nitrogens is 1. The van der Waals surface area contributed by atoms with Crippen LogP contribution in [0.1, 0.15) is 39.5 Å². The summed E-state index contributed by atoms with van der Waals surface area (Å²) in [6, 6.07) is 0. The van der Waals surface area contributed by atoms with Crippen molar-refractivity contribution in [1.82, 2.24) is 0 Å². The van der Waals surface area contributed by atoms with Crippen molar-refractivity contribution in [3.05, 3.63) is 0 Å². The summed E-state index contributed by atoms with van der Waals surface area (Å²) in [6.07, 6.45) is 5.49. The van der Waals surface area contributed by atoms with Gasteiger partial charge in [-0.3, -0.25) is 8.74 Å². The molecular formula is C14H32NO5S+. The van der Waals surface area contributed by atoms with Crippen LogP contribution in [0.15, 0.2) is 0 Å². The molecule has 1 fully saturated rings. The molecule has 0 aromatic carbocycles. The smallest absolute Gasteiger partial charge is 0.370 e. The monoisotopic (exact) mass is 326 g/mol. The Morgan fingerprint density at radius 3 is 2.19 bits per heavy atom. The van der Waals surface area contributed by atoms with E-state index in [1.807, 2.05) is 0 Å². The first kappa shape index (κ1) is 20.8. The zero-order chi connectivity index (χ0) is 16.4. The first-order chi connectivity index (χ1) is 9.76. The highest BCUT2D eigenvalue weighted by Gasteiger charge is 2.27. The highest BCUT2D eigenvalue weighted by molar-refractivity contribution is 7.80. The topological polar surface area (TPSA) is 72.8 Å². The minimum Gasteiger partial charge on any atom is -0.370 e.